The van der Waals surface area contributed by atoms with Gasteiger partial charge in [0, 0.05) is 38.6 Å². The molecule has 1 saturated heterocycles. The fourth-order valence-electron chi connectivity index (χ4n) is 2.84. The highest BCUT2D eigenvalue weighted by Crippen LogP contribution is 2.35. The smallest absolute Gasteiger partial charge is 0.244 e. The second-order valence-electron chi connectivity index (χ2n) is 6.38. The summed E-state index contributed by atoms with van der Waals surface area (Å²) in [6, 6.07) is 1.78. The maximum atomic E-state index is 12.7. The summed E-state index contributed by atoms with van der Waals surface area (Å²) < 4.78 is 29.0. The molecule has 1 aromatic heterocycles. The molecule has 0 atom stereocenters. The molecule has 1 aliphatic heterocycles. The predicted octanol–water partition coefficient (Wildman–Crippen LogP) is 1.95. The van der Waals surface area contributed by atoms with Crippen LogP contribution in [0.25, 0.3) is 0 Å². The van der Waals surface area contributed by atoms with Gasteiger partial charge in [0.15, 0.2) is 0 Å². The molecule has 21 heavy (non-hydrogen) atoms. The minimum absolute atomic E-state index is 0.292. The van der Waals surface area contributed by atoms with E-state index in [1.54, 1.807) is 16.6 Å². The highest BCUT2D eigenvalue weighted by atomic mass is 32.2. The number of nitrogens with one attached hydrogen (secondary N) is 1. The quantitative estimate of drug-likeness (QED) is 0.904. The van der Waals surface area contributed by atoms with Gasteiger partial charge in [-0.15, -0.1) is 0 Å². The highest BCUT2D eigenvalue weighted by molar-refractivity contribution is 7.89. The monoisotopic (exact) mass is 313 g/mol. The van der Waals surface area contributed by atoms with Crippen LogP contribution in [0.1, 0.15) is 38.8 Å². The lowest BCUT2D eigenvalue weighted by molar-refractivity contribution is 0.169. The number of aromatic nitrogens is 1. The van der Waals surface area contributed by atoms with E-state index in [1.165, 1.54) is 0 Å². The van der Waals surface area contributed by atoms with Crippen LogP contribution in [0.3, 0.4) is 0 Å². The molecule has 0 amide bonds. The maximum absolute atomic E-state index is 12.7. The molecule has 0 unspecified atom stereocenters. The maximum Gasteiger partial charge on any atom is 0.244 e. The van der Waals surface area contributed by atoms with E-state index >= 15 is 0 Å². The van der Waals surface area contributed by atoms with Gasteiger partial charge in [-0.3, -0.25) is 0 Å². The van der Waals surface area contributed by atoms with Gasteiger partial charge in [0.25, 0.3) is 0 Å². The summed E-state index contributed by atoms with van der Waals surface area (Å²) in [7, 11) is 0.388. The Morgan fingerprint density at radius 1 is 1.33 bits per heavy atom. The summed E-state index contributed by atoms with van der Waals surface area (Å²) in [5.41, 5.74) is 1.27. The van der Waals surface area contributed by atoms with Crippen molar-refractivity contribution < 1.29 is 8.42 Å². The Bertz CT molecular complexity index is 584. The Kier molecular flexibility index (Phi) is 4.80. The van der Waals surface area contributed by atoms with Crippen LogP contribution >= 0.6 is 0 Å². The number of rotatable bonds is 5. The molecular weight excluding hydrogens is 286 g/mol. The van der Waals surface area contributed by atoms with Crippen LogP contribution in [-0.2, 0) is 23.6 Å². The van der Waals surface area contributed by atoms with Crippen molar-refractivity contribution in [3.8, 4) is 0 Å². The third-order valence-electron chi connectivity index (χ3n) is 4.86. The summed E-state index contributed by atoms with van der Waals surface area (Å²) in [5, 5.41) is 3.06. The number of aryl methyl sites for hydroxylation is 1. The van der Waals surface area contributed by atoms with Crippen molar-refractivity contribution in [3.63, 3.8) is 0 Å². The number of hydrogen-bond acceptors (Lipinski definition) is 3. The first kappa shape index (κ1) is 16.5. The van der Waals surface area contributed by atoms with Crippen LogP contribution in [0, 0.1) is 5.41 Å². The first-order chi connectivity index (χ1) is 9.82. The Hall–Kier alpha value is -0.850. The second-order valence-corrected chi connectivity index (χ2v) is 8.31. The largest absolute Gasteiger partial charge is 0.352 e. The number of piperidine rings is 1. The molecule has 2 rings (SSSR count). The van der Waals surface area contributed by atoms with Gasteiger partial charge in [-0.05, 0) is 31.4 Å². The van der Waals surface area contributed by atoms with E-state index < -0.39 is 10.0 Å². The van der Waals surface area contributed by atoms with E-state index in [1.807, 2.05) is 18.7 Å². The van der Waals surface area contributed by atoms with Crippen molar-refractivity contribution in [2.75, 3.05) is 20.1 Å². The average molecular weight is 313 g/mol. The minimum atomic E-state index is -3.36. The van der Waals surface area contributed by atoms with Crippen molar-refractivity contribution >= 4 is 10.0 Å². The van der Waals surface area contributed by atoms with Gasteiger partial charge >= 0.3 is 0 Å². The number of sulfonamides is 1. The van der Waals surface area contributed by atoms with Gasteiger partial charge < -0.3 is 9.88 Å². The van der Waals surface area contributed by atoms with Crippen LogP contribution in [0.4, 0.5) is 0 Å². The van der Waals surface area contributed by atoms with E-state index in [0.29, 0.717) is 29.9 Å². The summed E-state index contributed by atoms with van der Waals surface area (Å²) >= 11 is 0. The molecule has 0 aliphatic carbocycles. The lowest BCUT2D eigenvalue weighted by atomic mass is 9.79. The summed E-state index contributed by atoms with van der Waals surface area (Å²) in [5.74, 6) is 0. The van der Waals surface area contributed by atoms with Crippen LogP contribution in [0.15, 0.2) is 17.2 Å². The Morgan fingerprint density at radius 2 is 1.95 bits per heavy atom. The molecular formula is C15H27N3O2S. The van der Waals surface area contributed by atoms with E-state index in [2.05, 4.69) is 19.2 Å². The standard InChI is InChI=1S/C15H27N3O2S/c1-5-15(2)6-8-18(9-7-15)21(19,20)14-10-13(11-16-3)17(4)12-14/h10,12,16H,5-9,11H2,1-4H3. The Balaban J connectivity index is 2.17. The van der Waals surface area contributed by atoms with Crippen molar-refractivity contribution in [2.24, 2.45) is 12.5 Å². The second kappa shape index (κ2) is 6.10. The molecule has 0 radical (unpaired) electrons. The summed E-state index contributed by atoms with van der Waals surface area (Å²) in [6.45, 7) is 6.36. The lowest BCUT2D eigenvalue weighted by Gasteiger charge is -2.38. The average Bonchev–Trinajstić information content (AvgIpc) is 2.82. The molecule has 6 heteroatoms. The van der Waals surface area contributed by atoms with Gasteiger partial charge in [-0.1, -0.05) is 20.3 Å². The molecule has 2 heterocycles. The fraction of sp³-hybridized carbons (Fsp3) is 0.733. The van der Waals surface area contributed by atoms with Crippen LogP contribution in [0.2, 0.25) is 0 Å². The van der Waals surface area contributed by atoms with Gasteiger partial charge in [0.05, 0.1) is 0 Å². The predicted molar refractivity (Wildman–Crippen MR) is 84.6 cm³/mol. The fourth-order valence-corrected chi connectivity index (χ4v) is 4.38. The summed E-state index contributed by atoms with van der Waals surface area (Å²) in [4.78, 5) is 0.412. The van der Waals surface area contributed by atoms with Crippen LogP contribution in [-0.4, -0.2) is 37.4 Å². The zero-order chi connectivity index (χ0) is 15.7. The van der Waals surface area contributed by atoms with Crippen LogP contribution < -0.4 is 5.32 Å². The SMILES string of the molecule is CCC1(C)CCN(S(=O)(=O)c2cc(CNC)n(C)c2)CC1. The molecule has 1 N–H and O–H groups in total. The number of nitrogens with zero attached hydrogens (tertiary/aromatic N) is 2. The van der Waals surface area contributed by atoms with E-state index in [-0.39, 0.29) is 0 Å². The first-order valence-corrected chi connectivity index (χ1v) is 9.06. The van der Waals surface area contributed by atoms with Gasteiger partial charge in [-0.25, -0.2) is 8.42 Å². The van der Waals surface area contributed by atoms with Crippen molar-refractivity contribution in [1.82, 2.24) is 14.2 Å². The molecule has 0 aromatic carbocycles. The number of hydrogen-bond donors (Lipinski definition) is 1. The lowest BCUT2D eigenvalue weighted by Crippen LogP contribution is -2.41. The molecule has 1 aliphatic rings. The van der Waals surface area contributed by atoms with E-state index in [0.717, 1.165) is 25.0 Å². The topological polar surface area (TPSA) is 54.3 Å². The third-order valence-corrected chi connectivity index (χ3v) is 6.73. The Morgan fingerprint density at radius 3 is 2.48 bits per heavy atom. The van der Waals surface area contributed by atoms with Gasteiger partial charge in [0.1, 0.15) is 4.90 Å². The Labute approximate surface area is 128 Å². The summed E-state index contributed by atoms with van der Waals surface area (Å²) in [6.07, 6.45) is 4.71. The highest BCUT2D eigenvalue weighted by Gasteiger charge is 2.34. The van der Waals surface area contributed by atoms with Crippen molar-refractivity contribution in [3.05, 3.63) is 18.0 Å². The van der Waals surface area contributed by atoms with Gasteiger partial charge in [0.2, 0.25) is 10.0 Å². The van der Waals surface area contributed by atoms with Gasteiger partial charge in [-0.2, -0.15) is 4.31 Å². The van der Waals surface area contributed by atoms with E-state index in [4.69, 9.17) is 0 Å². The molecule has 0 bridgehead atoms. The first-order valence-electron chi connectivity index (χ1n) is 7.62. The molecule has 0 spiro atoms. The zero-order valence-corrected chi connectivity index (χ0v) is 14.3. The third kappa shape index (κ3) is 3.33. The molecule has 1 fully saturated rings. The normalized spacial score (nSPS) is 19.8. The molecule has 0 saturated carbocycles. The minimum Gasteiger partial charge on any atom is -0.352 e. The van der Waals surface area contributed by atoms with Crippen molar-refractivity contribution in [1.29, 1.82) is 0 Å². The molecule has 120 valence electrons. The molecule has 5 nitrogen and oxygen atoms in total. The van der Waals surface area contributed by atoms with E-state index in [9.17, 15) is 8.42 Å². The molecule has 1 aromatic rings. The van der Waals surface area contributed by atoms with Crippen molar-refractivity contribution in [2.45, 2.75) is 44.6 Å². The van der Waals surface area contributed by atoms with Crippen LogP contribution in [0.5, 0.6) is 0 Å². The zero-order valence-electron chi connectivity index (χ0n) is 13.5.